The maximum Gasteiger partial charge on any atom is 0.488 e. The molecule has 0 spiro atoms. The fraction of sp³-hybridized carbons (Fsp3) is 0.333. The highest BCUT2D eigenvalue weighted by atomic mass is 35.5. The Morgan fingerprint density at radius 3 is 2.65 bits per heavy atom. The molecule has 11 nitrogen and oxygen atoms in total. The zero-order valence-corrected chi connectivity index (χ0v) is 24.8. The molecule has 2 heterocycles. The number of aliphatic hydroxyl groups is 1. The van der Waals surface area contributed by atoms with Gasteiger partial charge in [-0.15, -0.1) is 0 Å². The maximum atomic E-state index is 13.2. The molecule has 13 heteroatoms. The molecule has 43 heavy (non-hydrogen) atoms. The third-order valence-corrected chi connectivity index (χ3v) is 7.86. The van der Waals surface area contributed by atoms with Gasteiger partial charge in [0, 0.05) is 28.4 Å². The number of ether oxygens (including phenoxy) is 1. The number of carbonyl (C=O) groups excluding carboxylic acids is 1. The number of anilines is 1. The van der Waals surface area contributed by atoms with E-state index >= 15 is 0 Å². The molecule has 0 saturated carbocycles. The predicted octanol–water partition coefficient (Wildman–Crippen LogP) is 1.01. The summed E-state index contributed by atoms with van der Waals surface area (Å²) in [4.78, 5) is 20.5. The van der Waals surface area contributed by atoms with E-state index in [9.17, 15) is 19.9 Å². The van der Waals surface area contributed by atoms with Crippen LogP contribution in [0.2, 0.25) is 5.02 Å². The summed E-state index contributed by atoms with van der Waals surface area (Å²) in [5.74, 6) is 0.567. The first-order valence-electron chi connectivity index (χ1n) is 14.2. The molecular formula is C30H36BClN6O5. The van der Waals surface area contributed by atoms with Gasteiger partial charge in [-0.05, 0) is 61.2 Å². The Labute approximate surface area is 256 Å². The van der Waals surface area contributed by atoms with Crippen LogP contribution in [-0.2, 0) is 4.79 Å². The van der Waals surface area contributed by atoms with Crippen LogP contribution in [-0.4, -0.2) is 72.5 Å². The molecule has 1 saturated heterocycles. The van der Waals surface area contributed by atoms with Crippen molar-refractivity contribution in [2.24, 2.45) is 4.99 Å². The number of rotatable bonds is 11. The summed E-state index contributed by atoms with van der Waals surface area (Å²) in [5.41, 5.74) is 10.9. The van der Waals surface area contributed by atoms with Crippen molar-refractivity contribution in [3.8, 4) is 5.75 Å². The lowest BCUT2D eigenvalue weighted by Gasteiger charge is -2.31. The Morgan fingerprint density at radius 2 is 1.91 bits per heavy atom. The molecule has 5 rings (SSSR count). The van der Waals surface area contributed by atoms with Crippen LogP contribution in [0.15, 0.2) is 71.7 Å². The van der Waals surface area contributed by atoms with E-state index in [1.54, 1.807) is 25.3 Å². The molecule has 3 aromatic rings. The number of aliphatic imine (C=N–C) groups is 1. The number of hydrazine groups is 1. The SMILES string of the molecule is COc1ccc2c(c1)C(c1ccc(Cl)cc1)=NC(CC(=O)NCCCNC(O)c1cccc(B(O)O)c1)C1NNC(C)N21. The third-order valence-electron chi connectivity index (χ3n) is 7.60. The van der Waals surface area contributed by atoms with Gasteiger partial charge in [0.25, 0.3) is 0 Å². The van der Waals surface area contributed by atoms with Gasteiger partial charge in [-0.1, -0.05) is 48.0 Å². The number of hydrogen-bond donors (Lipinski definition) is 7. The van der Waals surface area contributed by atoms with Gasteiger partial charge in [0.1, 0.15) is 18.1 Å². The van der Waals surface area contributed by atoms with Crippen molar-refractivity contribution in [3.05, 3.63) is 88.4 Å². The Kier molecular flexibility index (Phi) is 9.98. The lowest BCUT2D eigenvalue weighted by molar-refractivity contribution is -0.121. The molecule has 7 N–H and O–H groups in total. The summed E-state index contributed by atoms with van der Waals surface area (Å²) in [6, 6.07) is 19.4. The summed E-state index contributed by atoms with van der Waals surface area (Å²) in [6.07, 6.45) is -0.580. The first-order chi connectivity index (χ1) is 20.7. The second kappa shape index (κ2) is 13.9. The maximum absolute atomic E-state index is 13.2. The van der Waals surface area contributed by atoms with Gasteiger partial charge >= 0.3 is 7.12 Å². The molecule has 1 fully saturated rings. The van der Waals surface area contributed by atoms with E-state index in [4.69, 9.17) is 21.3 Å². The van der Waals surface area contributed by atoms with Crippen LogP contribution in [0.4, 0.5) is 5.69 Å². The van der Waals surface area contributed by atoms with E-state index in [0.717, 1.165) is 22.5 Å². The van der Waals surface area contributed by atoms with E-state index in [1.165, 1.54) is 6.07 Å². The number of amides is 1. The molecule has 0 bridgehead atoms. The fourth-order valence-electron chi connectivity index (χ4n) is 5.41. The number of carbonyl (C=O) groups is 1. The van der Waals surface area contributed by atoms with Crippen LogP contribution in [0.1, 0.15) is 42.7 Å². The third kappa shape index (κ3) is 7.19. The van der Waals surface area contributed by atoms with E-state index < -0.39 is 19.4 Å². The highest BCUT2D eigenvalue weighted by Crippen LogP contribution is 2.36. The van der Waals surface area contributed by atoms with E-state index in [1.807, 2.05) is 42.5 Å². The number of hydrogen-bond acceptors (Lipinski definition) is 10. The molecule has 4 unspecified atom stereocenters. The lowest BCUT2D eigenvalue weighted by atomic mass is 9.79. The van der Waals surface area contributed by atoms with Crippen molar-refractivity contribution in [3.63, 3.8) is 0 Å². The predicted molar refractivity (Wildman–Crippen MR) is 167 cm³/mol. The van der Waals surface area contributed by atoms with Crippen LogP contribution < -0.4 is 36.6 Å². The first kappa shape index (κ1) is 31.0. The number of fused-ring (bicyclic) bond motifs is 3. The van der Waals surface area contributed by atoms with Gasteiger partial charge in [-0.2, -0.15) is 0 Å². The minimum Gasteiger partial charge on any atom is -0.497 e. The van der Waals surface area contributed by atoms with Crippen molar-refractivity contribution in [1.29, 1.82) is 0 Å². The van der Waals surface area contributed by atoms with Gasteiger partial charge in [-0.3, -0.25) is 15.1 Å². The van der Waals surface area contributed by atoms with Crippen LogP contribution in [0, 0.1) is 0 Å². The Hall–Kier alpha value is -3.49. The lowest BCUT2D eigenvalue weighted by Crippen LogP contribution is -2.47. The standard InChI is InChI=1S/C30H36BClN6O5/c1-18-36-37-29-25(17-27(39)33-13-4-14-34-30(40)20-5-3-6-21(15-20)31(41)42)35-28(19-7-9-22(32)10-8-19)24-16-23(43-2)11-12-26(24)38(18)29/h3,5-12,15-16,18,25,29-30,34,36-37,40-42H,4,13-14,17H2,1-2H3,(H,33,39). The van der Waals surface area contributed by atoms with Gasteiger partial charge < -0.3 is 30.1 Å². The van der Waals surface area contributed by atoms with Crippen molar-refractivity contribution < 1.29 is 24.7 Å². The van der Waals surface area contributed by atoms with Crippen LogP contribution >= 0.6 is 11.6 Å². The highest BCUT2D eigenvalue weighted by Gasteiger charge is 2.40. The van der Waals surface area contributed by atoms with Gasteiger partial charge in [0.15, 0.2) is 0 Å². The van der Waals surface area contributed by atoms with Crippen molar-refractivity contribution in [2.45, 2.75) is 44.4 Å². The van der Waals surface area contributed by atoms with E-state index in [-0.39, 0.29) is 24.7 Å². The number of aliphatic hydroxyl groups excluding tert-OH is 1. The second-order valence-corrected chi connectivity index (χ2v) is 11.0. The summed E-state index contributed by atoms with van der Waals surface area (Å²) in [6.45, 7) is 2.89. The fourth-order valence-corrected chi connectivity index (χ4v) is 5.53. The Balaban J connectivity index is 1.27. The van der Waals surface area contributed by atoms with Gasteiger partial charge in [0.05, 0.1) is 31.4 Å². The van der Waals surface area contributed by atoms with Gasteiger partial charge in [0.2, 0.25) is 5.91 Å². The number of nitrogens with one attached hydrogen (secondary N) is 4. The first-order valence-corrected chi connectivity index (χ1v) is 14.6. The van der Waals surface area contributed by atoms with Crippen molar-refractivity contribution in [1.82, 2.24) is 21.5 Å². The van der Waals surface area contributed by atoms with E-state index in [2.05, 4.69) is 33.3 Å². The molecule has 2 aliphatic heterocycles. The van der Waals surface area contributed by atoms with Crippen molar-refractivity contribution >= 4 is 41.5 Å². The molecular weight excluding hydrogens is 571 g/mol. The van der Waals surface area contributed by atoms with Crippen molar-refractivity contribution in [2.75, 3.05) is 25.1 Å². The molecule has 0 aromatic heterocycles. The van der Waals surface area contributed by atoms with E-state index in [0.29, 0.717) is 41.3 Å². The number of halogens is 1. The van der Waals surface area contributed by atoms with Crippen LogP contribution in [0.25, 0.3) is 0 Å². The molecule has 2 aliphatic rings. The largest absolute Gasteiger partial charge is 0.497 e. The highest BCUT2D eigenvalue weighted by molar-refractivity contribution is 6.58. The molecule has 3 aromatic carbocycles. The average Bonchev–Trinajstić information content (AvgIpc) is 3.33. The zero-order valence-electron chi connectivity index (χ0n) is 24.0. The minimum atomic E-state index is -1.61. The second-order valence-electron chi connectivity index (χ2n) is 10.6. The molecule has 226 valence electrons. The molecule has 0 aliphatic carbocycles. The number of nitrogens with zero attached hydrogens (tertiary/aromatic N) is 2. The smallest absolute Gasteiger partial charge is 0.488 e. The molecule has 1 amide bonds. The summed E-state index contributed by atoms with van der Waals surface area (Å²) in [7, 11) is 0.0237. The normalized spacial score (nSPS) is 20.0. The monoisotopic (exact) mass is 606 g/mol. The molecule has 4 atom stereocenters. The summed E-state index contributed by atoms with van der Waals surface area (Å²) < 4.78 is 5.54. The van der Waals surface area contributed by atoms with Crippen LogP contribution in [0.5, 0.6) is 5.75 Å². The Bertz CT molecular complexity index is 1460. The average molecular weight is 607 g/mol. The van der Waals surface area contributed by atoms with Crippen LogP contribution in [0.3, 0.4) is 0 Å². The number of methoxy groups -OCH3 is 1. The summed E-state index contributed by atoms with van der Waals surface area (Å²) >= 11 is 6.19. The molecule has 0 radical (unpaired) electrons. The minimum absolute atomic E-state index is 0.0543. The Morgan fingerprint density at radius 1 is 1.12 bits per heavy atom. The number of benzene rings is 3. The zero-order chi connectivity index (χ0) is 30.5. The quantitative estimate of drug-likeness (QED) is 0.0964. The summed E-state index contributed by atoms with van der Waals surface area (Å²) in [5, 5.41) is 35.7. The van der Waals surface area contributed by atoms with Gasteiger partial charge in [-0.25, -0.2) is 10.9 Å². The topological polar surface area (TPSA) is 151 Å².